The summed E-state index contributed by atoms with van der Waals surface area (Å²) in [6.07, 6.45) is 9.23. The smallest absolute Gasteiger partial charge is 0.257 e. The number of carbonyl (C=O) groups excluding carboxylic acids is 2. The summed E-state index contributed by atoms with van der Waals surface area (Å²) in [4.78, 5) is 27.5. The quantitative estimate of drug-likeness (QED) is 0.896. The highest BCUT2D eigenvalue weighted by Gasteiger charge is 2.26. The number of Topliss-reactive ketones (excluding diaryl/α,β-unsaturated/α-hetero) is 1. The predicted molar refractivity (Wildman–Crippen MR) is 77.9 cm³/mol. The van der Waals surface area contributed by atoms with Crippen LogP contribution in [0.2, 0.25) is 0 Å². The van der Waals surface area contributed by atoms with Crippen LogP contribution in [0.4, 0.5) is 0 Å². The van der Waals surface area contributed by atoms with E-state index < -0.39 is 0 Å². The molecule has 2 aliphatic rings. The van der Waals surface area contributed by atoms with E-state index in [1.165, 1.54) is 0 Å². The third kappa shape index (κ3) is 2.63. The van der Waals surface area contributed by atoms with E-state index in [1.807, 2.05) is 12.2 Å². The largest absolute Gasteiger partial charge is 0.497 e. The number of fused-ring (bicyclic) bond motifs is 1. The Hall–Kier alpha value is -2.30. The van der Waals surface area contributed by atoms with Crippen molar-refractivity contribution in [1.29, 1.82) is 0 Å². The second kappa shape index (κ2) is 5.60. The second-order valence-corrected chi connectivity index (χ2v) is 5.31. The maximum Gasteiger partial charge on any atom is 0.257 e. The summed E-state index contributed by atoms with van der Waals surface area (Å²) < 4.78 is 5.17. The zero-order chi connectivity index (χ0) is 14.8. The predicted octanol–water partition coefficient (Wildman–Crippen LogP) is 2.47. The Morgan fingerprint density at radius 3 is 3.00 bits per heavy atom. The van der Waals surface area contributed by atoms with Crippen molar-refractivity contribution in [1.82, 2.24) is 10.3 Å². The van der Waals surface area contributed by atoms with Gasteiger partial charge in [0, 0.05) is 24.0 Å². The van der Waals surface area contributed by atoms with E-state index >= 15 is 0 Å². The van der Waals surface area contributed by atoms with Crippen molar-refractivity contribution in [2.45, 2.75) is 32.1 Å². The van der Waals surface area contributed by atoms with Crippen LogP contribution in [-0.2, 0) is 11.2 Å². The summed E-state index contributed by atoms with van der Waals surface area (Å²) in [6, 6.07) is 0. The van der Waals surface area contributed by atoms with E-state index in [9.17, 15) is 9.59 Å². The molecule has 110 valence electrons. The number of amides is 1. The van der Waals surface area contributed by atoms with Gasteiger partial charge in [0.15, 0.2) is 5.78 Å². The number of carbonyl (C=O) groups is 2. The average Bonchev–Trinajstić information content (AvgIpc) is 2.93. The number of hydrogen-bond donors (Lipinski definition) is 2. The molecule has 1 aromatic rings. The summed E-state index contributed by atoms with van der Waals surface area (Å²) in [5.41, 5.74) is 2.71. The molecule has 0 aliphatic heterocycles. The van der Waals surface area contributed by atoms with Crippen molar-refractivity contribution in [3.8, 4) is 0 Å². The third-order valence-corrected chi connectivity index (χ3v) is 3.90. The molecule has 0 unspecified atom stereocenters. The van der Waals surface area contributed by atoms with Gasteiger partial charge in [-0.15, -0.1) is 0 Å². The first-order valence-electron chi connectivity index (χ1n) is 7.18. The molecule has 2 N–H and O–H groups in total. The van der Waals surface area contributed by atoms with Crippen molar-refractivity contribution < 1.29 is 14.3 Å². The van der Waals surface area contributed by atoms with Crippen LogP contribution >= 0.6 is 0 Å². The number of aromatic amines is 1. The van der Waals surface area contributed by atoms with Gasteiger partial charge in [-0.25, -0.2) is 0 Å². The summed E-state index contributed by atoms with van der Waals surface area (Å²) in [7, 11) is 1.61. The van der Waals surface area contributed by atoms with Gasteiger partial charge in [-0.1, -0.05) is 0 Å². The van der Waals surface area contributed by atoms with E-state index in [4.69, 9.17) is 4.74 Å². The minimum atomic E-state index is -0.230. The van der Waals surface area contributed by atoms with E-state index in [0.29, 0.717) is 17.5 Å². The highest BCUT2D eigenvalue weighted by molar-refractivity contribution is 6.09. The van der Waals surface area contributed by atoms with Crippen molar-refractivity contribution in [2.75, 3.05) is 7.11 Å². The van der Waals surface area contributed by atoms with Gasteiger partial charge < -0.3 is 15.0 Å². The molecule has 0 atom stereocenters. The first-order chi connectivity index (χ1) is 10.2. The molecule has 3 rings (SSSR count). The number of aromatic nitrogens is 1. The van der Waals surface area contributed by atoms with E-state index in [0.717, 1.165) is 42.8 Å². The van der Waals surface area contributed by atoms with Crippen LogP contribution in [0.25, 0.3) is 0 Å². The number of rotatable bonds is 3. The third-order valence-electron chi connectivity index (χ3n) is 3.90. The lowest BCUT2D eigenvalue weighted by atomic mass is 9.93. The molecule has 1 heterocycles. The van der Waals surface area contributed by atoms with Crippen molar-refractivity contribution in [3.05, 3.63) is 46.6 Å². The van der Waals surface area contributed by atoms with E-state index in [2.05, 4.69) is 10.3 Å². The molecule has 0 aromatic carbocycles. The van der Waals surface area contributed by atoms with Gasteiger partial charge in [-0.05, 0) is 37.8 Å². The van der Waals surface area contributed by atoms with Crippen LogP contribution in [-0.4, -0.2) is 23.8 Å². The van der Waals surface area contributed by atoms with Gasteiger partial charge in [-0.3, -0.25) is 9.59 Å². The lowest BCUT2D eigenvalue weighted by Gasteiger charge is -2.15. The number of methoxy groups -OCH3 is 1. The van der Waals surface area contributed by atoms with Gasteiger partial charge in [0.2, 0.25) is 0 Å². The summed E-state index contributed by atoms with van der Waals surface area (Å²) >= 11 is 0. The second-order valence-electron chi connectivity index (χ2n) is 5.31. The monoisotopic (exact) mass is 286 g/mol. The maximum atomic E-state index is 12.4. The number of ether oxygens (including phenoxy) is 1. The highest BCUT2D eigenvalue weighted by atomic mass is 16.5. The fraction of sp³-hybridized carbons (Fsp3) is 0.375. The summed E-state index contributed by atoms with van der Waals surface area (Å²) in [5, 5.41) is 2.89. The minimum Gasteiger partial charge on any atom is -0.497 e. The zero-order valence-corrected chi connectivity index (χ0v) is 12.0. The molecule has 0 radical (unpaired) electrons. The van der Waals surface area contributed by atoms with Crippen LogP contribution in [0.5, 0.6) is 0 Å². The topological polar surface area (TPSA) is 71.2 Å². The number of ketones is 1. The lowest BCUT2D eigenvalue weighted by molar-refractivity contribution is 0.0934. The van der Waals surface area contributed by atoms with Gasteiger partial charge >= 0.3 is 0 Å². The maximum absolute atomic E-state index is 12.4. The average molecular weight is 286 g/mol. The molecule has 0 saturated heterocycles. The van der Waals surface area contributed by atoms with Crippen LogP contribution < -0.4 is 5.32 Å². The van der Waals surface area contributed by atoms with Crippen LogP contribution in [0.1, 0.15) is 52.1 Å². The first kappa shape index (κ1) is 13.7. The Kier molecular flexibility index (Phi) is 3.64. The molecule has 0 bridgehead atoms. The van der Waals surface area contributed by atoms with Crippen molar-refractivity contribution >= 4 is 11.7 Å². The minimum absolute atomic E-state index is 0.0535. The molecule has 0 fully saturated rings. The molecular weight excluding hydrogens is 268 g/mol. The standard InChI is InChI=1S/C16H18N2O3/c1-21-11-5-2-4-10(8-11)18-16(20)12-9-17-13-6-3-7-14(19)15(12)13/h5,8-9,17H,2-4,6-7H2,1H3,(H,18,20). The number of nitrogens with one attached hydrogen (secondary N) is 2. The fourth-order valence-corrected chi connectivity index (χ4v) is 2.84. The van der Waals surface area contributed by atoms with Gasteiger partial charge in [0.1, 0.15) is 5.76 Å². The van der Waals surface area contributed by atoms with Gasteiger partial charge in [-0.2, -0.15) is 0 Å². The normalized spacial score (nSPS) is 17.7. The zero-order valence-electron chi connectivity index (χ0n) is 12.0. The van der Waals surface area contributed by atoms with Crippen LogP contribution in [0.15, 0.2) is 29.8 Å². The van der Waals surface area contributed by atoms with Crippen molar-refractivity contribution in [3.63, 3.8) is 0 Å². The molecule has 0 spiro atoms. The number of hydrogen-bond acceptors (Lipinski definition) is 3. The Labute approximate surface area is 123 Å². The highest BCUT2D eigenvalue weighted by Crippen LogP contribution is 2.24. The molecule has 1 amide bonds. The number of aryl methyl sites for hydroxylation is 1. The molecule has 0 saturated carbocycles. The van der Waals surface area contributed by atoms with Gasteiger partial charge in [0.25, 0.3) is 5.91 Å². The van der Waals surface area contributed by atoms with E-state index in [1.54, 1.807) is 13.3 Å². The number of H-pyrrole nitrogens is 1. The Balaban J connectivity index is 1.81. The first-order valence-corrected chi connectivity index (χ1v) is 7.18. The molecular formula is C16H18N2O3. The molecule has 5 nitrogen and oxygen atoms in total. The molecule has 21 heavy (non-hydrogen) atoms. The number of allylic oxidation sites excluding steroid dienone is 3. The van der Waals surface area contributed by atoms with Crippen LogP contribution in [0, 0.1) is 0 Å². The molecule has 2 aliphatic carbocycles. The van der Waals surface area contributed by atoms with Crippen LogP contribution in [0.3, 0.4) is 0 Å². The SMILES string of the molecule is COC1=CCCC(NC(=O)c2c[nH]c3c2C(=O)CCC3)=C1. The van der Waals surface area contributed by atoms with E-state index in [-0.39, 0.29) is 11.7 Å². The Morgan fingerprint density at radius 1 is 1.33 bits per heavy atom. The summed E-state index contributed by atoms with van der Waals surface area (Å²) in [5.74, 6) is 0.577. The Morgan fingerprint density at radius 2 is 2.19 bits per heavy atom. The summed E-state index contributed by atoms with van der Waals surface area (Å²) in [6.45, 7) is 0. The molecule has 1 aromatic heterocycles. The van der Waals surface area contributed by atoms with Gasteiger partial charge in [0.05, 0.1) is 18.2 Å². The fourth-order valence-electron chi connectivity index (χ4n) is 2.84. The molecule has 5 heteroatoms. The van der Waals surface area contributed by atoms with Crippen molar-refractivity contribution in [2.24, 2.45) is 0 Å². The Bertz CT molecular complexity index is 652. The lowest BCUT2D eigenvalue weighted by Crippen LogP contribution is -2.25.